The van der Waals surface area contributed by atoms with Gasteiger partial charge in [0.25, 0.3) is 15.6 Å². The van der Waals surface area contributed by atoms with Gasteiger partial charge in [-0.2, -0.15) is 8.42 Å². The molecule has 2 aromatic carbocycles. The molecule has 1 aliphatic carbocycles. The summed E-state index contributed by atoms with van der Waals surface area (Å²) in [4.78, 5) is 13.7. The number of amidine groups is 1. The molecule has 3 heterocycles. The van der Waals surface area contributed by atoms with Gasteiger partial charge in [-0.25, -0.2) is 0 Å². The van der Waals surface area contributed by atoms with Crippen LogP contribution in [0.25, 0.3) is 10.9 Å². The number of hydrogen-bond donors (Lipinski definition) is 3. The van der Waals surface area contributed by atoms with Gasteiger partial charge in [0.15, 0.2) is 5.84 Å². The average molecular weight is 505 g/mol. The molecule has 184 valence electrons. The highest BCUT2D eigenvalue weighted by atomic mass is 32.2. The summed E-state index contributed by atoms with van der Waals surface area (Å²) in [7, 11) is -4.05. The van der Waals surface area contributed by atoms with E-state index in [0.29, 0.717) is 41.3 Å². The zero-order valence-electron chi connectivity index (χ0n) is 19.3. The quantitative estimate of drug-likeness (QED) is 0.343. The number of pyridine rings is 1. The highest BCUT2D eigenvalue weighted by Crippen LogP contribution is 2.35. The SMILES string of the molecule is O=c1c(C2=NS(=O)(=O)c3ccccc3N2)c(O)c2cc(NCc3ccco3)ccc2n1CCC1CC1. The van der Waals surface area contributed by atoms with Gasteiger partial charge in [-0.05, 0) is 54.8 Å². The topological polar surface area (TPSA) is 126 Å². The summed E-state index contributed by atoms with van der Waals surface area (Å²) in [6.45, 7) is 0.903. The van der Waals surface area contributed by atoms with Crippen molar-refractivity contribution in [1.29, 1.82) is 0 Å². The third kappa shape index (κ3) is 4.03. The van der Waals surface area contributed by atoms with E-state index in [2.05, 4.69) is 15.0 Å². The molecule has 1 fully saturated rings. The number of para-hydroxylation sites is 1. The Morgan fingerprint density at radius 3 is 2.75 bits per heavy atom. The number of aromatic hydroxyl groups is 1. The van der Waals surface area contributed by atoms with E-state index in [9.17, 15) is 18.3 Å². The fourth-order valence-electron chi connectivity index (χ4n) is 4.53. The third-order valence-electron chi connectivity index (χ3n) is 6.61. The van der Waals surface area contributed by atoms with Gasteiger partial charge in [-0.3, -0.25) is 4.79 Å². The molecule has 0 amide bonds. The number of benzene rings is 2. The van der Waals surface area contributed by atoms with Crippen molar-refractivity contribution in [2.24, 2.45) is 10.3 Å². The number of anilines is 2. The molecule has 0 radical (unpaired) electrons. The normalized spacial score (nSPS) is 16.3. The Kier molecular flexibility index (Phi) is 5.33. The first-order valence-electron chi connectivity index (χ1n) is 11.8. The van der Waals surface area contributed by atoms with Crippen LogP contribution in [0.5, 0.6) is 5.75 Å². The van der Waals surface area contributed by atoms with Crippen LogP contribution >= 0.6 is 0 Å². The van der Waals surface area contributed by atoms with Gasteiger partial charge < -0.3 is 24.7 Å². The molecule has 0 unspecified atom stereocenters. The van der Waals surface area contributed by atoms with Crippen LogP contribution in [0.1, 0.15) is 30.6 Å². The molecule has 6 rings (SSSR count). The van der Waals surface area contributed by atoms with Crippen LogP contribution in [-0.4, -0.2) is 23.9 Å². The minimum Gasteiger partial charge on any atom is -0.506 e. The van der Waals surface area contributed by atoms with Gasteiger partial charge in [-0.15, -0.1) is 4.40 Å². The molecule has 4 aromatic rings. The molecule has 0 atom stereocenters. The van der Waals surface area contributed by atoms with Crippen molar-refractivity contribution in [3.8, 4) is 5.75 Å². The van der Waals surface area contributed by atoms with E-state index in [1.54, 1.807) is 47.2 Å². The van der Waals surface area contributed by atoms with E-state index in [0.717, 1.165) is 25.0 Å². The maximum atomic E-state index is 13.7. The number of sulfonamides is 1. The van der Waals surface area contributed by atoms with E-state index in [1.807, 2.05) is 12.1 Å². The van der Waals surface area contributed by atoms with E-state index in [-0.39, 0.29) is 22.0 Å². The van der Waals surface area contributed by atoms with Crippen molar-refractivity contribution in [3.63, 3.8) is 0 Å². The molecule has 0 saturated heterocycles. The van der Waals surface area contributed by atoms with Gasteiger partial charge in [0, 0.05) is 17.6 Å². The van der Waals surface area contributed by atoms with Crippen LogP contribution in [0.4, 0.5) is 11.4 Å². The Morgan fingerprint density at radius 1 is 1.14 bits per heavy atom. The number of nitrogens with zero attached hydrogens (tertiary/aromatic N) is 2. The smallest absolute Gasteiger partial charge is 0.286 e. The fraction of sp³-hybridized carbons (Fsp3) is 0.231. The Balaban J connectivity index is 1.49. The summed E-state index contributed by atoms with van der Waals surface area (Å²) in [6.07, 6.45) is 4.71. The van der Waals surface area contributed by atoms with Crippen molar-refractivity contribution in [3.05, 3.63) is 82.5 Å². The van der Waals surface area contributed by atoms with E-state index in [1.165, 1.54) is 6.07 Å². The zero-order valence-corrected chi connectivity index (χ0v) is 20.1. The maximum Gasteiger partial charge on any atom is 0.286 e. The standard InChI is InChI=1S/C26H24N4O5S/c31-24-19-14-17(27-15-18-4-3-13-35-18)9-10-21(19)30(12-11-16-7-8-16)26(32)23(24)25-28-20-5-1-2-6-22(20)36(33,34)29-25/h1-6,9-10,13-14,16,27,31H,7-8,11-12,15H2,(H,28,29). The lowest BCUT2D eigenvalue weighted by Crippen LogP contribution is -2.32. The number of furan rings is 1. The largest absolute Gasteiger partial charge is 0.506 e. The average Bonchev–Trinajstić information content (AvgIpc) is 3.54. The monoisotopic (exact) mass is 504 g/mol. The lowest BCUT2D eigenvalue weighted by atomic mass is 10.1. The third-order valence-corrected chi connectivity index (χ3v) is 7.94. The van der Waals surface area contributed by atoms with Crippen molar-refractivity contribution in [2.45, 2.75) is 37.2 Å². The van der Waals surface area contributed by atoms with E-state index in [4.69, 9.17) is 4.42 Å². The predicted molar refractivity (Wildman–Crippen MR) is 137 cm³/mol. The fourth-order valence-corrected chi connectivity index (χ4v) is 5.65. The maximum absolute atomic E-state index is 13.7. The summed E-state index contributed by atoms with van der Waals surface area (Å²) >= 11 is 0. The zero-order chi connectivity index (χ0) is 24.9. The Bertz CT molecular complexity index is 1670. The number of rotatable bonds is 7. The molecule has 9 nitrogen and oxygen atoms in total. The number of hydrogen-bond acceptors (Lipinski definition) is 7. The van der Waals surface area contributed by atoms with Crippen molar-refractivity contribution in [2.75, 3.05) is 10.6 Å². The Morgan fingerprint density at radius 2 is 1.97 bits per heavy atom. The molecule has 3 N–H and O–H groups in total. The molecule has 10 heteroatoms. The molecular formula is C26H24N4O5S. The highest BCUT2D eigenvalue weighted by molar-refractivity contribution is 7.90. The second kappa shape index (κ2) is 8.56. The van der Waals surface area contributed by atoms with Gasteiger partial charge in [0.05, 0.1) is 24.0 Å². The number of aromatic nitrogens is 1. The van der Waals surface area contributed by atoms with Crippen LogP contribution in [0.2, 0.25) is 0 Å². The lowest BCUT2D eigenvalue weighted by Gasteiger charge is -2.21. The second-order valence-electron chi connectivity index (χ2n) is 9.11. The number of aryl methyl sites for hydroxylation is 1. The first-order valence-corrected chi connectivity index (χ1v) is 13.2. The Labute approximate surface area is 207 Å². The van der Waals surface area contributed by atoms with Gasteiger partial charge in [-0.1, -0.05) is 25.0 Å². The molecule has 0 bridgehead atoms. The Hall–Kier alpha value is -4.05. The molecule has 1 aliphatic heterocycles. The summed E-state index contributed by atoms with van der Waals surface area (Å²) in [5.74, 6) is 0.822. The molecule has 2 aromatic heterocycles. The van der Waals surface area contributed by atoms with E-state index >= 15 is 0 Å². The molecule has 0 spiro atoms. The lowest BCUT2D eigenvalue weighted by molar-refractivity contribution is 0.476. The van der Waals surface area contributed by atoms with Crippen LogP contribution in [0, 0.1) is 5.92 Å². The van der Waals surface area contributed by atoms with Gasteiger partial charge >= 0.3 is 0 Å². The summed E-state index contributed by atoms with van der Waals surface area (Å²) < 4.78 is 36.6. The number of fused-ring (bicyclic) bond motifs is 2. The molecule has 1 saturated carbocycles. The second-order valence-corrected chi connectivity index (χ2v) is 10.7. The van der Waals surface area contributed by atoms with Crippen molar-refractivity contribution in [1.82, 2.24) is 4.57 Å². The summed E-state index contributed by atoms with van der Waals surface area (Å²) in [5.41, 5.74) is 0.936. The summed E-state index contributed by atoms with van der Waals surface area (Å²) in [6, 6.07) is 15.4. The molecule has 2 aliphatic rings. The highest BCUT2D eigenvalue weighted by Gasteiger charge is 2.30. The minimum absolute atomic E-state index is 0.0208. The van der Waals surface area contributed by atoms with Crippen LogP contribution in [0.15, 0.2) is 79.4 Å². The minimum atomic E-state index is -4.05. The van der Waals surface area contributed by atoms with Crippen LogP contribution in [-0.2, 0) is 23.1 Å². The van der Waals surface area contributed by atoms with E-state index < -0.39 is 15.6 Å². The first kappa shape index (κ1) is 22.4. The molecule has 36 heavy (non-hydrogen) atoms. The predicted octanol–water partition coefficient (Wildman–Crippen LogP) is 4.27. The molecular weight excluding hydrogens is 480 g/mol. The number of nitrogens with one attached hydrogen (secondary N) is 2. The van der Waals surface area contributed by atoms with Crippen LogP contribution in [0.3, 0.4) is 0 Å². The first-order chi connectivity index (χ1) is 17.4. The van der Waals surface area contributed by atoms with Gasteiger partial charge in [0.2, 0.25) is 0 Å². The van der Waals surface area contributed by atoms with Crippen molar-refractivity contribution < 1.29 is 17.9 Å². The van der Waals surface area contributed by atoms with Crippen LogP contribution < -0.4 is 16.2 Å². The van der Waals surface area contributed by atoms with Gasteiger partial charge in [0.1, 0.15) is 22.0 Å². The summed E-state index contributed by atoms with van der Waals surface area (Å²) in [5, 5.41) is 17.9. The van der Waals surface area contributed by atoms with Crippen molar-refractivity contribution >= 4 is 38.1 Å².